The van der Waals surface area contributed by atoms with Gasteiger partial charge in [-0.3, -0.25) is 4.90 Å². The number of imidazole rings is 1. The van der Waals surface area contributed by atoms with Gasteiger partial charge in [-0.1, -0.05) is 35.3 Å². The van der Waals surface area contributed by atoms with Gasteiger partial charge in [-0.15, -0.1) is 0 Å². The van der Waals surface area contributed by atoms with Crippen molar-refractivity contribution in [3.8, 4) is 0 Å². The second kappa shape index (κ2) is 7.65. The molecule has 4 rings (SSSR count). The molecule has 0 saturated carbocycles. The third-order valence-corrected chi connectivity index (χ3v) is 7.74. The van der Waals surface area contributed by atoms with E-state index >= 15 is 0 Å². The number of rotatable bonds is 4. The standard InChI is InChI=1S/C19H20Cl2N4O2S/c1-23-18-5-3-2-4-17(18)22-19(23)13-24-8-10-25(11-9-24)28(26,27)14-6-7-15(20)16(21)12-14/h2-7,12H,8-11,13H2,1H3. The fourth-order valence-corrected chi connectivity index (χ4v) is 5.26. The molecule has 1 saturated heterocycles. The lowest BCUT2D eigenvalue weighted by molar-refractivity contribution is 0.177. The third-order valence-electron chi connectivity index (χ3n) is 5.10. The summed E-state index contributed by atoms with van der Waals surface area (Å²) >= 11 is 11.9. The van der Waals surface area contributed by atoms with Crippen LogP contribution in [0.3, 0.4) is 0 Å². The van der Waals surface area contributed by atoms with E-state index in [1.807, 2.05) is 31.3 Å². The third kappa shape index (κ3) is 3.65. The van der Waals surface area contributed by atoms with Crippen LogP contribution in [0.15, 0.2) is 47.4 Å². The quantitative estimate of drug-likeness (QED) is 0.626. The van der Waals surface area contributed by atoms with Gasteiger partial charge in [0.15, 0.2) is 0 Å². The van der Waals surface area contributed by atoms with Gasteiger partial charge in [-0.2, -0.15) is 4.31 Å². The average molecular weight is 439 g/mol. The molecule has 2 heterocycles. The predicted octanol–water partition coefficient (Wildman–Crippen LogP) is 3.39. The number of hydrogen-bond acceptors (Lipinski definition) is 4. The Balaban J connectivity index is 1.45. The molecule has 0 amide bonds. The maximum absolute atomic E-state index is 12.9. The number of para-hydroxylation sites is 2. The molecule has 1 fully saturated rings. The summed E-state index contributed by atoms with van der Waals surface area (Å²) in [6, 6.07) is 12.4. The van der Waals surface area contributed by atoms with E-state index in [4.69, 9.17) is 28.2 Å². The first-order valence-corrected chi connectivity index (χ1v) is 11.1. The number of halogens is 2. The monoisotopic (exact) mass is 438 g/mol. The van der Waals surface area contributed by atoms with Crippen molar-refractivity contribution < 1.29 is 8.42 Å². The van der Waals surface area contributed by atoms with Crippen LogP contribution < -0.4 is 0 Å². The molecule has 0 radical (unpaired) electrons. The molecule has 1 aliphatic rings. The molecule has 6 nitrogen and oxygen atoms in total. The molecule has 28 heavy (non-hydrogen) atoms. The van der Waals surface area contributed by atoms with E-state index in [1.54, 1.807) is 0 Å². The summed E-state index contributed by atoms with van der Waals surface area (Å²) in [5, 5.41) is 0.580. The summed E-state index contributed by atoms with van der Waals surface area (Å²) in [5.74, 6) is 0.974. The van der Waals surface area contributed by atoms with Crippen molar-refractivity contribution in [2.24, 2.45) is 7.05 Å². The van der Waals surface area contributed by atoms with Crippen molar-refractivity contribution in [3.63, 3.8) is 0 Å². The first kappa shape index (κ1) is 19.7. The maximum atomic E-state index is 12.9. The Kier molecular flexibility index (Phi) is 5.37. The molecule has 3 aromatic rings. The van der Waals surface area contributed by atoms with E-state index in [-0.39, 0.29) is 9.92 Å². The summed E-state index contributed by atoms with van der Waals surface area (Å²) in [6.07, 6.45) is 0. The van der Waals surface area contributed by atoms with Crippen LogP contribution in [0, 0.1) is 0 Å². The Morgan fingerprint density at radius 3 is 2.39 bits per heavy atom. The van der Waals surface area contributed by atoms with Crippen molar-refractivity contribution in [2.45, 2.75) is 11.4 Å². The first-order chi connectivity index (χ1) is 13.4. The summed E-state index contributed by atoms with van der Waals surface area (Å²) in [7, 11) is -1.57. The molecule has 9 heteroatoms. The number of nitrogens with zero attached hydrogens (tertiary/aromatic N) is 4. The van der Waals surface area contributed by atoms with Crippen molar-refractivity contribution in [1.82, 2.24) is 18.8 Å². The average Bonchev–Trinajstić information content (AvgIpc) is 3.00. The van der Waals surface area contributed by atoms with Crippen LogP contribution in [-0.2, 0) is 23.6 Å². The van der Waals surface area contributed by atoms with Gasteiger partial charge < -0.3 is 4.57 Å². The second-order valence-electron chi connectivity index (χ2n) is 6.83. The fraction of sp³-hybridized carbons (Fsp3) is 0.316. The molecule has 0 N–H and O–H groups in total. The predicted molar refractivity (Wildman–Crippen MR) is 111 cm³/mol. The molecule has 1 aliphatic heterocycles. The number of aryl methyl sites for hydroxylation is 1. The Morgan fingerprint density at radius 1 is 1.00 bits per heavy atom. The highest BCUT2D eigenvalue weighted by atomic mass is 35.5. The van der Waals surface area contributed by atoms with Crippen LogP contribution in [0.1, 0.15) is 5.82 Å². The van der Waals surface area contributed by atoms with Crippen LogP contribution in [0.5, 0.6) is 0 Å². The van der Waals surface area contributed by atoms with Crippen LogP contribution in [0.2, 0.25) is 10.0 Å². The number of fused-ring (bicyclic) bond motifs is 1. The van der Waals surface area contributed by atoms with Crippen molar-refractivity contribution >= 4 is 44.3 Å². The van der Waals surface area contributed by atoms with Gasteiger partial charge in [-0.05, 0) is 30.3 Å². The van der Waals surface area contributed by atoms with Gasteiger partial charge in [0.05, 0.1) is 32.5 Å². The van der Waals surface area contributed by atoms with Gasteiger partial charge in [-0.25, -0.2) is 13.4 Å². The van der Waals surface area contributed by atoms with Gasteiger partial charge in [0.2, 0.25) is 10.0 Å². The summed E-state index contributed by atoms with van der Waals surface area (Å²) in [5.41, 5.74) is 2.07. The topological polar surface area (TPSA) is 58.4 Å². The number of benzene rings is 2. The zero-order valence-electron chi connectivity index (χ0n) is 15.3. The fourth-order valence-electron chi connectivity index (χ4n) is 3.45. The molecule has 0 atom stereocenters. The Labute approximate surface area is 174 Å². The lowest BCUT2D eigenvalue weighted by Gasteiger charge is -2.33. The molecule has 148 valence electrons. The van der Waals surface area contributed by atoms with Gasteiger partial charge in [0.25, 0.3) is 0 Å². The normalized spacial score (nSPS) is 16.7. The minimum Gasteiger partial charge on any atom is -0.330 e. The van der Waals surface area contributed by atoms with E-state index in [0.29, 0.717) is 37.7 Å². The number of hydrogen-bond donors (Lipinski definition) is 0. The number of aromatic nitrogens is 2. The lowest BCUT2D eigenvalue weighted by Crippen LogP contribution is -2.48. The zero-order chi connectivity index (χ0) is 19.9. The minimum atomic E-state index is -3.58. The second-order valence-corrected chi connectivity index (χ2v) is 9.58. The molecule has 0 spiro atoms. The van der Waals surface area contributed by atoms with Crippen LogP contribution in [0.4, 0.5) is 0 Å². The van der Waals surface area contributed by atoms with E-state index in [0.717, 1.165) is 16.9 Å². The Bertz CT molecular complexity index is 1120. The molecular formula is C19H20Cl2N4O2S. The summed E-state index contributed by atoms with van der Waals surface area (Å²) < 4.78 is 29.3. The maximum Gasteiger partial charge on any atom is 0.243 e. The van der Waals surface area contributed by atoms with Crippen molar-refractivity contribution in [3.05, 3.63) is 58.3 Å². The largest absolute Gasteiger partial charge is 0.330 e. The summed E-state index contributed by atoms with van der Waals surface area (Å²) in [4.78, 5) is 7.10. The van der Waals surface area contributed by atoms with Crippen molar-refractivity contribution in [2.75, 3.05) is 26.2 Å². The number of piperazine rings is 1. The molecule has 0 bridgehead atoms. The van der Waals surface area contributed by atoms with Gasteiger partial charge in [0, 0.05) is 33.2 Å². The van der Waals surface area contributed by atoms with E-state index in [9.17, 15) is 8.42 Å². The smallest absolute Gasteiger partial charge is 0.243 e. The molecule has 2 aromatic carbocycles. The van der Waals surface area contributed by atoms with Crippen LogP contribution >= 0.6 is 23.2 Å². The number of sulfonamides is 1. The Morgan fingerprint density at radius 2 is 1.71 bits per heavy atom. The molecule has 0 aliphatic carbocycles. The van der Waals surface area contributed by atoms with Gasteiger partial charge >= 0.3 is 0 Å². The highest BCUT2D eigenvalue weighted by Gasteiger charge is 2.29. The minimum absolute atomic E-state index is 0.172. The Hall–Kier alpha value is -1.64. The molecular weight excluding hydrogens is 419 g/mol. The van der Waals surface area contributed by atoms with E-state index < -0.39 is 10.0 Å². The molecule has 1 aromatic heterocycles. The summed E-state index contributed by atoms with van der Waals surface area (Å²) in [6.45, 7) is 2.82. The SMILES string of the molecule is Cn1c(CN2CCN(S(=O)(=O)c3ccc(Cl)c(Cl)c3)CC2)nc2ccccc21. The van der Waals surface area contributed by atoms with Gasteiger partial charge in [0.1, 0.15) is 5.82 Å². The highest BCUT2D eigenvalue weighted by molar-refractivity contribution is 7.89. The first-order valence-electron chi connectivity index (χ1n) is 8.94. The van der Waals surface area contributed by atoms with Crippen molar-refractivity contribution in [1.29, 1.82) is 0 Å². The molecule has 0 unspecified atom stereocenters. The van der Waals surface area contributed by atoms with E-state index in [2.05, 4.69) is 9.47 Å². The zero-order valence-corrected chi connectivity index (χ0v) is 17.7. The van der Waals surface area contributed by atoms with Crippen LogP contribution in [-0.4, -0.2) is 53.4 Å². The van der Waals surface area contributed by atoms with Crippen LogP contribution in [0.25, 0.3) is 11.0 Å². The lowest BCUT2D eigenvalue weighted by atomic mass is 10.3. The van der Waals surface area contributed by atoms with E-state index in [1.165, 1.54) is 22.5 Å². The highest BCUT2D eigenvalue weighted by Crippen LogP contribution is 2.27.